The standard InChI is InChI=1S/C16H16F3NO4/c17-16(18,19)24-13-4-2-1-3-10(13)11-7-12(11)15(23)20(8-14(21)22)9-5-6-9/h1-4,9,11-12H,5-8H2,(H,21,22)/t11-,12-/m0/s1. The van der Waals surface area contributed by atoms with Crippen LogP contribution in [0.2, 0.25) is 0 Å². The lowest BCUT2D eigenvalue weighted by Gasteiger charge is -2.20. The van der Waals surface area contributed by atoms with Crippen LogP contribution in [0.4, 0.5) is 13.2 Å². The van der Waals surface area contributed by atoms with Gasteiger partial charge < -0.3 is 14.7 Å². The molecule has 1 amide bonds. The number of hydrogen-bond donors (Lipinski definition) is 1. The molecule has 0 heterocycles. The van der Waals surface area contributed by atoms with Crippen LogP contribution in [0.25, 0.3) is 0 Å². The number of carboxylic acids is 1. The van der Waals surface area contributed by atoms with Crippen LogP contribution >= 0.6 is 0 Å². The molecule has 8 heteroatoms. The highest BCUT2D eigenvalue weighted by molar-refractivity contribution is 5.87. The zero-order valence-electron chi connectivity index (χ0n) is 12.6. The fraction of sp³-hybridized carbons (Fsp3) is 0.500. The summed E-state index contributed by atoms with van der Waals surface area (Å²) in [6.07, 6.45) is -2.86. The van der Waals surface area contributed by atoms with Crippen LogP contribution in [0.15, 0.2) is 24.3 Å². The number of benzene rings is 1. The number of carboxylic acid groups (broad SMARTS) is 1. The summed E-state index contributed by atoms with van der Waals surface area (Å²) in [5.41, 5.74) is 0.333. The Kier molecular flexibility index (Phi) is 4.15. The summed E-state index contributed by atoms with van der Waals surface area (Å²) in [6.45, 7) is -0.368. The van der Waals surface area contributed by atoms with Crippen LogP contribution in [0, 0.1) is 5.92 Å². The fourth-order valence-corrected chi connectivity index (χ4v) is 2.95. The summed E-state index contributed by atoms with van der Waals surface area (Å²) in [5.74, 6) is -2.55. The number of hydrogen-bond acceptors (Lipinski definition) is 3. The van der Waals surface area contributed by atoms with Crippen molar-refractivity contribution in [1.29, 1.82) is 0 Å². The van der Waals surface area contributed by atoms with Gasteiger partial charge in [-0.1, -0.05) is 18.2 Å². The zero-order chi connectivity index (χ0) is 17.5. The lowest BCUT2D eigenvalue weighted by Crippen LogP contribution is -2.38. The number of ether oxygens (including phenoxy) is 1. The maximum Gasteiger partial charge on any atom is 0.573 e. The third-order valence-electron chi connectivity index (χ3n) is 4.23. The average molecular weight is 343 g/mol. The third kappa shape index (κ3) is 3.80. The van der Waals surface area contributed by atoms with Crippen molar-refractivity contribution in [3.05, 3.63) is 29.8 Å². The van der Waals surface area contributed by atoms with Gasteiger partial charge >= 0.3 is 12.3 Å². The molecule has 2 aliphatic carbocycles. The first-order chi connectivity index (χ1) is 11.3. The topological polar surface area (TPSA) is 66.8 Å². The lowest BCUT2D eigenvalue weighted by molar-refractivity contribution is -0.274. The first-order valence-corrected chi connectivity index (χ1v) is 7.63. The second-order valence-corrected chi connectivity index (χ2v) is 6.13. The van der Waals surface area contributed by atoms with E-state index in [1.54, 1.807) is 6.07 Å². The van der Waals surface area contributed by atoms with Crippen molar-refractivity contribution in [2.75, 3.05) is 6.54 Å². The maximum atomic E-state index is 12.5. The first-order valence-electron chi connectivity index (χ1n) is 7.63. The Labute approximate surface area is 136 Å². The van der Waals surface area contributed by atoms with Crippen LogP contribution < -0.4 is 4.74 Å². The van der Waals surface area contributed by atoms with Gasteiger partial charge in [-0.3, -0.25) is 9.59 Å². The number of nitrogens with zero attached hydrogens (tertiary/aromatic N) is 1. The maximum absolute atomic E-state index is 12.5. The summed E-state index contributed by atoms with van der Waals surface area (Å²) in [7, 11) is 0. The molecular weight excluding hydrogens is 327 g/mol. The molecule has 0 unspecified atom stereocenters. The van der Waals surface area contributed by atoms with Crippen molar-refractivity contribution in [3.63, 3.8) is 0 Å². The van der Waals surface area contributed by atoms with Crippen molar-refractivity contribution < 1.29 is 32.6 Å². The van der Waals surface area contributed by atoms with Gasteiger partial charge in [0.1, 0.15) is 12.3 Å². The molecule has 1 aromatic rings. The minimum absolute atomic E-state index is 0.0588. The minimum Gasteiger partial charge on any atom is -0.480 e. The smallest absolute Gasteiger partial charge is 0.480 e. The molecule has 1 N–H and O–H groups in total. The lowest BCUT2D eigenvalue weighted by atomic mass is 10.1. The van der Waals surface area contributed by atoms with Crippen molar-refractivity contribution >= 4 is 11.9 Å². The molecule has 2 atom stereocenters. The van der Waals surface area contributed by atoms with E-state index >= 15 is 0 Å². The van der Waals surface area contributed by atoms with Crippen LogP contribution in [-0.4, -0.2) is 40.8 Å². The Hall–Kier alpha value is -2.25. The van der Waals surface area contributed by atoms with E-state index in [4.69, 9.17) is 5.11 Å². The van der Waals surface area contributed by atoms with E-state index in [1.165, 1.54) is 23.1 Å². The second-order valence-electron chi connectivity index (χ2n) is 6.13. The van der Waals surface area contributed by atoms with E-state index in [2.05, 4.69) is 4.74 Å². The molecule has 5 nitrogen and oxygen atoms in total. The van der Waals surface area contributed by atoms with Gasteiger partial charge in [0.15, 0.2) is 0 Å². The molecule has 130 valence electrons. The van der Waals surface area contributed by atoms with E-state index in [9.17, 15) is 22.8 Å². The number of alkyl halides is 3. The van der Waals surface area contributed by atoms with Gasteiger partial charge in [0.2, 0.25) is 5.91 Å². The largest absolute Gasteiger partial charge is 0.573 e. The van der Waals surface area contributed by atoms with Gasteiger partial charge in [0.25, 0.3) is 0 Å². The number of carbonyl (C=O) groups is 2. The molecule has 3 rings (SSSR count). The van der Waals surface area contributed by atoms with Crippen LogP contribution in [0.5, 0.6) is 5.75 Å². The second kappa shape index (κ2) is 5.99. The van der Waals surface area contributed by atoms with E-state index < -0.39 is 18.2 Å². The van der Waals surface area contributed by atoms with Gasteiger partial charge in [-0.05, 0) is 36.8 Å². The van der Waals surface area contributed by atoms with Crippen molar-refractivity contribution in [3.8, 4) is 5.75 Å². The predicted octanol–water partition coefficient (Wildman–Crippen LogP) is 2.76. The van der Waals surface area contributed by atoms with Gasteiger partial charge in [-0.25, -0.2) is 0 Å². The number of carbonyl (C=O) groups excluding carboxylic acids is 1. The molecule has 0 saturated heterocycles. The Morgan fingerprint density at radius 2 is 1.92 bits per heavy atom. The molecule has 2 fully saturated rings. The summed E-state index contributed by atoms with van der Waals surface area (Å²) < 4.78 is 41.5. The van der Waals surface area contributed by atoms with Crippen molar-refractivity contribution in [1.82, 2.24) is 4.90 Å². The first kappa shape index (κ1) is 16.6. The summed E-state index contributed by atoms with van der Waals surface area (Å²) in [4.78, 5) is 24.7. The van der Waals surface area contributed by atoms with Gasteiger partial charge in [0, 0.05) is 12.0 Å². The van der Waals surface area contributed by atoms with Crippen molar-refractivity contribution in [2.24, 2.45) is 5.92 Å². The SMILES string of the molecule is O=C(O)CN(C(=O)[C@H]1C[C@H]1c1ccccc1OC(F)(F)F)C1CC1. The third-order valence-corrected chi connectivity index (χ3v) is 4.23. The summed E-state index contributed by atoms with van der Waals surface area (Å²) >= 11 is 0. The Morgan fingerprint density at radius 3 is 2.50 bits per heavy atom. The molecule has 0 aliphatic heterocycles. The van der Waals surface area contributed by atoms with Crippen LogP contribution in [0.1, 0.15) is 30.7 Å². The highest BCUT2D eigenvalue weighted by Gasteiger charge is 2.50. The van der Waals surface area contributed by atoms with E-state index in [0.29, 0.717) is 12.0 Å². The molecule has 1 aromatic carbocycles. The molecule has 0 aromatic heterocycles. The number of para-hydroxylation sites is 1. The van der Waals surface area contributed by atoms with Gasteiger partial charge in [0.05, 0.1) is 0 Å². The van der Waals surface area contributed by atoms with E-state index in [-0.39, 0.29) is 30.2 Å². The number of halogens is 3. The molecule has 24 heavy (non-hydrogen) atoms. The Balaban J connectivity index is 1.73. The zero-order valence-corrected chi connectivity index (χ0v) is 12.6. The van der Waals surface area contributed by atoms with Crippen LogP contribution in [-0.2, 0) is 9.59 Å². The number of aliphatic carboxylic acids is 1. The fourth-order valence-electron chi connectivity index (χ4n) is 2.95. The molecule has 0 spiro atoms. The summed E-state index contributed by atoms with van der Waals surface area (Å²) in [5, 5.41) is 8.93. The molecule has 2 aliphatic rings. The van der Waals surface area contributed by atoms with E-state index in [1.807, 2.05) is 0 Å². The monoisotopic (exact) mass is 343 g/mol. The quantitative estimate of drug-likeness (QED) is 0.862. The normalized spacial score (nSPS) is 22.8. The average Bonchev–Trinajstić information content (AvgIpc) is 3.35. The number of amides is 1. The predicted molar refractivity (Wildman–Crippen MR) is 76.3 cm³/mol. The molecule has 2 saturated carbocycles. The van der Waals surface area contributed by atoms with Gasteiger partial charge in [-0.2, -0.15) is 0 Å². The van der Waals surface area contributed by atoms with E-state index in [0.717, 1.165) is 12.8 Å². The highest BCUT2D eigenvalue weighted by atomic mass is 19.4. The minimum atomic E-state index is -4.80. The summed E-state index contributed by atoms with van der Waals surface area (Å²) in [6, 6.07) is 5.70. The van der Waals surface area contributed by atoms with Crippen molar-refractivity contribution in [2.45, 2.75) is 37.6 Å². The van der Waals surface area contributed by atoms with Crippen LogP contribution in [0.3, 0.4) is 0 Å². The number of rotatable bonds is 6. The molecular formula is C16H16F3NO4. The molecule has 0 bridgehead atoms. The molecule has 0 radical (unpaired) electrons. The van der Waals surface area contributed by atoms with Gasteiger partial charge in [-0.15, -0.1) is 13.2 Å². The Morgan fingerprint density at radius 1 is 1.25 bits per heavy atom. The highest BCUT2D eigenvalue weighted by Crippen LogP contribution is 2.52. The Bertz CT molecular complexity index is 657.